The van der Waals surface area contributed by atoms with Gasteiger partial charge in [-0.3, -0.25) is 9.59 Å². The Morgan fingerprint density at radius 2 is 1.85 bits per heavy atom. The molecule has 2 N–H and O–H groups in total. The van der Waals surface area contributed by atoms with Gasteiger partial charge in [-0.25, -0.2) is 0 Å². The van der Waals surface area contributed by atoms with Crippen LogP contribution in [-0.2, 0) is 4.79 Å². The number of carbonyl (C=O) groups excluding carboxylic acids is 2. The molecular formula is C14H14Cl2N2O2. The van der Waals surface area contributed by atoms with Gasteiger partial charge in [0.05, 0.1) is 17.2 Å². The number of hydrogen-bond acceptors (Lipinski definition) is 2. The molecule has 20 heavy (non-hydrogen) atoms. The van der Waals surface area contributed by atoms with E-state index >= 15 is 0 Å². The van der Waals surface area contributed by atoms with Crippen LogP contribution in [0.25, 0.3) is 0 Å². The molecule has 0 bridgehead atoms. The number of nitrogens with one attached hydrogen (secondary N) is 2. The predicted molar refractivity (Wildman–Crippen MR) is 78.1 cm³/mol. The van der Waals surface area contributed by atoms with Crippen LogP contribution < -0.4 is 10.6 Å². The largest absolute Gasteiger partial charge is 0.349 e. The Bertz CT molecular complexity index is 570. The van der Waals surface area contributed by atoms with E-state index < -0.39 is 10.3 Å². The molecule has 106 valence electrons. The molecule has 2 fully saturated rings. The molecule has 0 radical (unpaired) electrons. The lowest BCUT2D eigenvalue weighted by Crippen LogP contribution is -2.27. The zero-order valence-electron chi connectivity index (χ0n) is 10.7. The molecule has 3 rings (SSSR count). The number of alkyl halides is 2. The number of halogens is 2. The number of amides is 2. The van der Waals surface area contributed by atoms with Crippen molar-refractivity contribution in [2.75, 3.05) is 5.32 Å². The first-order chi connectivity index (χ1) is 9.47. The third-order valence-electron chi connectivity index (χ3n) is 3.48. The van der Waals surface area contributed by atoms with Crippen LogP contribution in [0, 0.1) is 5.92 Å². The van der Waals surface area contributed by atoms with Crippen LogP contribution in [0.1, 0.15) is 29.6 Å². The second kappa shape index (κ2) is 4.93. The maximum Gasteiger partial charge on any atom is 0.253 e. The van der Waals surface area contributed by atoms with Crippen LogP contribution in [0.3, 0.4) is 0 Å². The zero-order chi connectivity index (χ0) is 14.3. The van der Waals surface area contributed by atoms with Crippen molar-refractivity contribution in [2.24, 2.45) is 5.92 Å². The highest BCUT2D eigenvalue weighted by atomic mass is 35.5. The number of carbonyl (C=O) groups is 2. The van der Waals surface area contributed by atoms with Crippen molar-refractivity contribution in [3.05, 3.63) is 29.8 Å². The first kappa shape index (κ1) is 13.7. The van der Waals surface area contributed by atoms with Gasteiger partial charge in [-0.1, -0.05) is 12.1 Å². The summed E-state index contributed by atoms with van der Waals surface area (Å²) in [5.74, 6) is -0.825. The summed E-state index contributed by atoms with van der Waals surface area (Å²) in [6.45, 7) is 0. The normalized spacial score (nSPS) is 23.0. The van der Waals surface area contributed by atoms with Crippen molar-refractivity contribution in [2.45, 2.75) is 29.6 Å². The molecule has 0 saturated heterocycles. The fourth-order valence-electron chi connectivity index (χ4n) is 2.00. The van der Waals surface area contributed by atoms with Gasteiger partial charge in [0.25, 0.3) is 5.91 Å². The standard InChI is InChI=1S/C14H14Cl2N2O2/c15-14(16)7-10(14)13(20)18-11-4-2-1-3-9(11)12(19)17-8-5-6-8/h1-4,8,10H,5-7H2,(H,17,19)(H,18,20). The number of rotatable bonds is 4. The van der Waals surface area contributed by atoms with Crippen LogP contribution >= 0.6 is 23.2 Å². The third-order valence-corrected chi connectivity index (χ3v) is 4.32. The average Bonchev–Trinajstić information content (AvgIpc) is 3.29. The Kier molecular flexibility index (Phi) is 3.38. The van der Waals surface area contributed by atoms with Crippen molar-refractivity contribution in [3.8, 4) is 0 Å². The highest BCUT2D eigenvalue weighted by Gasteiger charge is 2.56. The van der Waals surface area contributed by atoms with Gasteiger partial charge in [0.1, 0.15) is 4.33 Å². The number of hydrogen-bond donors (Lipinski definition) is 2. The van der Waals surface area contributed by atoms with Crippen LogP contribution in [0.5, 0.6) is 0 Å². The number of para-hydroxylation sites is 1. The minimum atomic E-state index is -0.963. The van der Waals surface area contributed by atoms with Crippen LogP contribution in [-0.4, -0.2) is 22.2 Å². The maximum absolute atomic E-state index is 12.1. The molecule has 0 aromatic heterocycles. The van der Waals surface area contributed by atoms with E-state index in [0.717, 1.165) is 12.8 Å². The van der Waals surface area contributed by atoms with E-state index in [1.54, 1.807) is 24.3 Å². The van der Waals surface area contributed by atoms with Crippen molar-refractivity contribution >= 4 is 40.7 Å². The van der Waals surface area contributed by atoms with Gasteiger partial charge in [-0.15, -0.1) is 23.2 Å². The van der Waals surface area contributed by atoms with Crippen LogP contribution in [0.15, 0.2) is 24.3 Å². The highest BCUT2D eigenvalue weighted by Crippen LogP contribution is 2.53. The molecule has 6 heteroatoms. The van der Waals surface area contributed by atoms with Crippen LogP contribution in [0.4, 0.5) is 5.69 Å². The van der Waals surface area contributed by atoms with E-state index in [0.29, 0.717) is 17.7 Å². The molecule has 0 spiro atoms. The van der Waals surface area contributed by atoms with Gasteiger partial charge in [0.2, 0.25) is 5.91 Å². The quantitative estimate of drug-likeness (QED) is 0.840. The molecule has 1 atom stereocenters. The van der Waals surface area contributed by atoms with Gasteiger partial charge in [-0.05, 0) is 31.4 Å². The summed E-state index contributed by atoms with van der Waals surface area (Å²) >= 11 is 11.7. The first-order valence-corrected chi connectivity index (χ1v) is 7.31. The van der Waals surface area contributed by atoms with E-state index in [1.807, 2.05) is 0 Å². The molecule has 2 aliphatic carbocycles. The summed E-state index contributed by atoms with van der Waals surface area (Å²) in [5.41, 5.74) is 0.954. The summed E-state index contributed by atoms with van der Waals surface area (Å²) in [6.07, 6.45) is 2.48. The monoisotopic (exact) mass is 312 g/mol. The van der Waals surface area contributed by atoms with Crippen molar-refractivity contribution in [1.29, 1.82) is 0 Å². The Labute approximate surface area is 126 Å². The Hall–Kier alpha value is -1.26. The van der Waals surface area contributed by atoms with Crippen LogP contribution in [0.2, 0.25) is 0 Å². The van der Waals surface area contributed by atoms with Gasteiger partial charge < -0.3 is 10.6 Å². The molecule has 0 heterocycles. The summed E-state index contributed by atoms with van der Waals surface area (Å²) in [7, 11) is 0. The van der Waals surface area contributed by atoms with E-state index in [-0.39, 0.29) is 17.9 Å². The van der Waals surface area contributed by atoms with E-state index in [1.165, 1.54) is 0 Å². The second-order valence-corrected chi connectivity index (χ2v) is 6.84. The minimum Gasteiger partial charge on any atom is -0.349 e. The molecular weight excluding hydrogens is 299 g/mol. The van der Waals surface area contributed by atoms with E-state index in [2.05, 4.69) is 10.6 Å². The Morgan fingerprint density at radius 1 is 1.20 bits per heavy atom. The molecule has 0 aliphatic heterocycles. The zero-order valence-corrected chi connectivity index (χ0v) is 12.2. The summed E-state index contributed by atoms with van der Waals surface area (Å²) < 4.78 is -0.963. The lowest BCUT2D eigenvalue weighted by Gasteiger charge is -2.11. The molecule has 1 aromatic carbocycles. The Morgan fingerprint density at radius 3 is 2.45 bits per heavy atom. The number of benzene rings is 1. The first-order valence-electron chi connectivity index (χ1n) is 6.56. The average molecular weight is 313 g/mol. The topological polar surface area (TPSA) is 58.2 Å². The lowest BCUT2D eigenvalue weighted by molar-refractivity contribution is -0.117. The van der Waals surface area contributed by atoms with E-state index in [9.17, 15) is 9.59 Å². The summed E-state index contributed by atoms with van der Waals surface area (Å²) in [5, 5.41) is 5.64. The fourth-order valence-corrected chi connectivity index (χ4v) is 2.51. The third kappa shape index (κ3) is 2.91. The van der Waals surface area contributed by atoms with Crippen molar-refractivity contribution in [1.82, 2.24) is 5.32 Å². The molecule has 2 saturated carbocycles. The predicted octanol–water partition coefficient (Wildman–Crippen LogP) is 2.71. The fraction of sp³-hybridized carbons (Fsp3) is 0.429. The van der Waals surface area contributed by atoms with Gasteiger partial charge >= 0.3 is 0 Å². The summed E-state index contributed by atoms with van der Waals surface area (Å²) in [4.78, 5) is 24.1. The number of anilines is 1. The molecule has 1 unspecified atom stereocenters. The van der Waals surface area contributed by atoms with Gasteiger partial charge in [0, 0.05) is 6.04 Å². The molecule has 1 aromatic rings. The van der Waals surface area contributed by atoms with E-state index in [4.69, 9.17) is 23.2 Å². The lowest BCUT2D eigenvalue weighted by atomic mass is 10.1. The minimum absolute atomic E-state index is 0.165. The molecule has 2 aliphatic rings. The summed E-state index contributed by atoms with van der Waals surface area (Å²) in [6, 6.07) is 7.20. The Balaban J connectivity index is 1.72. The smallest absolute Gasteiger partial charge is 0.253 e. The molecule has 2 amide bonds. The van der Waals surface area contributed by atoms with Crippen molar-refractivity contribution < 1.29 is 9.59 Å². The SMILES string of the molecule is O=C(NC1CC1)c1ccccc1NC(=O)C1CC1(Cl)Cl. The highest BCUT2D eigenvalue weighted by molar-refractivity contribution is 6.52. The maximum atomic E-state index is 12.1. The van der Waals surface area contributed by atoms with Gasteiger partial charge in [0.15, 0.2) is 0 Å². The van der Waals surface area contributed by atoms with Gasteiger partial charge in [-0.2, -0.15) is 0 Å². The second-order valence-electron chi connectivity index (χ2n) is 5.30. The van der Waals surface area contributed by atoms with Crippen molar-refractivity contribution in [3.63, 3.8) is 0 Å². The molecule has 4 nitrogen and oxygen atoms in total.